The minimum Gasteiger partial charge on any atom is -0.483 e. The topological polar surface area (TPSA) is 106 Å². The highest BCUT2D eigenvalue weighted by atomic mass is 35.5. The summed E-state index contributed by atoms with van der Waals surface area (Å²) in [6.07, 6.45) is 4.72. The molecule has 1 N–H and O–H groups in total. The third kappa shape index (κ3) is 8.58. The molecule has 0 saturated carbocycles. The molecule has 0 spiro atoms. The molecule has 0 radical (unpaired) electrons. The maximum absolute atomic E-state index is 13.7. The molecule has 5 aromatic rings. The van der Waals surface area contributed by atoms with Gasteiger partial charge in [0.1, 0.15) is 28.8 Å². The number of amidine groups is 1. The van der Waals surface area contributed by atoms with Gasteiger partial charge in [-0.15, -0.1) is 5.10 Å². The number of carbonyl (C=O) groups excluding carboxylic acids is 2. The molecule has 48 heavy (non-hydrogen) atoms. The number of anilines is 1. The molecule has 2 amide bonds. The highest BCUT2D eigenvalue weighted by Crippen LogP contribution is 2.36. The van der Waals surface area contributed by atoms with Gasteiger partial charge < -0.3 is 19.2 Å². The summed E-state index contributed by atoms with van der Waals surface area (Å²) in [6.45, 7) is -0.201. The number of hydrogen-bond donors (Lipinski definition) is 1. The molecule has 0 bridgehead atoms. The maximum Gasteiger partial charge on any atom is 0.267 e. The second kappa shape index (κ2) is 15.3. The van der Waals surface area contributed by atoms with E-state index in [9.17, 15) is 14.0 Å². The lowest BCUT2D eigenvalue weighted by atomic mass is 10.2. The number of nitrogens with one attached hydrogen (secondary N) is 1. The second-order valence-electron chi connectivity index (χ2n) is 10.2. The van der Waals surface area contributed by atoms with Gasteiger partial charge in [-0.1, -0.05) is 41.9 Å². The van der Waals surface area contributed by atoms with E-state index < -0.39 is 11.7 Å². The molecule has 2 heterocycles. The van der Waals surface area contributed by atoms with Crippen LogP contribution in [0.3, 0.4) is 0 Å². The number of thioether (sulfide) groups is 1. The molecule has 0 unspecified atom stereocenters. The number of para-hydroxylation sites is 1. The first-order chi connectivity index (χ1) is 23.4. The molecule has 1 aliphatic heterocycles. The number of carbonyl (C=O) groups is 2. The van der Waals surface area contributed by atoms with Crippen LogP contribution in [0.15, 0.2) is 135 Å². The lowest BCUT2D eigenvalue weighted by Gasteiger charge is -2.13. The molecule has 240 valence electrons. The molecular formula is C36H26ClFN4O5S. The summed E-state index contributed by atoms with van der Waals surface area (Å²) in [5, 5.41) is 12.0. The van der Waals surface area contributed by atoms with E-state index in [2.05, 4.69) is 15.5 Å². The van der Waals surface area contributed by atoms with Gasteiger partial charge in [-0.2, -0.15) is 5.10 Å². The molecule has 1 saturated heterocycles. The molecule has 6 rings (SSSR count). The lowest BCUT2D eigenvalue weighted by molar-refractivity contribution is -0.122. The standard InChI is InChI=1S/C36H26ClFN4O5S/c37-26-11-16-32(46-23-34(43)40-28-14-12-27(38)13-15-28)25(19-26)20-33-35(44)42(22-31-10-5-17-45-31)36(48-33)41-39-21-24-6-4-9-30(18-24)47-29-7-2-1-3-8-29/h1-21H,22-23H2,(H,40,43)/b33-20-,39-21-,41-36+. The summed E-state index contributed by atoms with van der Waals surface area (Å²) in [5.74, 6) is 1.05. The Hall–Kier alpha value is -5.65. The van der Waals surface area contributed by atoms with Crippen LogP contribution in [-0.4, -0.2) is 34.7 Å². The largest absolute Gasteiger partial charge is 0.483 e. The Labute approximate surface area is 284 Å². The van der Waals surface area contributed by atoms with Crippen molar-refractivity contribution in [2.75, 3.05) is 11.9 Å². The molecule has 4 aromatic carbocycles. The number of rotatable bonds is 11. The fraction of sp³-hybridized carbons (Fsp3) is 0.0556. The molecule has 0 aliphatic carbocycles. The van der Waals surface area contributed by atoms with Crippen LogP contribution in [0, 0.1) is 5.82 Å². The summed E-state index contributed by atoms with van der Waals surface area (Å²) in [4.78, 5) is 28.0. The van der Waals surface area contributed by atoms with Crippen molar-refractivity contribution in [2.45, 2.75) is 6.54 Å². The highest BCUT2D eigenvalue weighted by molar-refractivity contribution is 8.18. The Morgan fingerprint density at radius 3 is 2.56 bits per heavy atom. The fourth-order valence-corrected chi connectivity index (χ4v) is 5.59. The molecular weight excluding hydrogens is 655 g/mol. The van der Waals surface area contributed by atoms with Crippen LogP contribution in [0.1, 0.15) is 16.9 Å². The monoisotopic (exact) mass is 680 g/mol. The zero-order chi connectivity index (χ0) is 33.3. The Balaban J connectivity index is 1.20. The van der Waals surface area contributed by atoms with Crippen LogP contribution < -0.4 is 14.8 Å². The predicted molar refractivity (Wildman–Crippen MR) is 185 cm³/mol. The lowest BCUT2D eigenvalue weighted by Crippen LogP contribution is -2.28. The third-order valence-electron chi connectivity index (χ3n) is 6.71. The number of nitrogens with zero attached hydrogens (tertiary/aromatic N) is 3. The van der Waals surface area contributed by atoms with E-state index in [1.165, 1.54) is 35.4 Å². The van der Waals surface area contributed by atoms with Crippen molar-refractivity contribution in [3.05, 3.63) is 148 Å². The van der Waals surface area contributed by atoms with Gasteiger partial charge in [0, 0.05) is 16.3 Å². The van der Waals surface area contributed by atoms with Crippen molar-refractivity contribution in [3.8, 4) is 17.2 Å². The third-order valence-corrected chi connectivity index (χ3v) is 7.95. The predicted octanol–water partition coefficient (Wildman–Crippen LogP) is 8.39. The average Bonchev–Trinajstić information content (AvgIpc) is 3.70. The van der Waals surface area contributed by atoms with E-state index in [1.807, 2.05) is 54.6 Å². The first kappa shape index (κ1) is 32.3. The van der Waals surface area contributed by atoms with Gasteiger partial charge in [-0.05, 0) is 102 Å². The smallest absolute Gasteiger partial charge is 0.267 e. The zero-order valence-corrected chi connectivity index (χ0v) is 26.7. The Morgan fingerprint density at radius 2 is 1.77 bits per heavy atom. The van der Waals surface area contributed by atoms with Crippen molar-refractivity contribution in [1.82, 2.24) is 4.90 Å². The van der Waals surface area contributed by atoms with Crippen LogP contribution in [0.4, 0.5) is 10.1 Å². The molecule has 9 nitrogen and oxygen atoms in total. The summed E-state index contributed by atoms with van der Waals surface area (Å²) in [6, 6.07) is 30.6. The number of hydrogen-bond acceptors (Lipinski definition) is 8. The van der Waals surface area contributed by atoms with Crippen LogP contribution >= 0.6 is 23.4 Å². The molecule has 1 aromatic heterocycles. The van der Waals surface area contributed by atoms with Gasteiger partial charge in [0.05, 0.1) is 23.9 Å². The number of amides is 2. The highest BCUT2D eigenvalue weighted by Gasteiger charge is 2.34. The van der Waals surface area contributed by atoms with Crippen LogP contribution in [0.25, 0.3) is 6.08 Å². The first-order valence-electron chi connectivity index (χ1n) is 14.6. The first-order valence-corrected chi connectivity index (χ1v) is 15.7. The minimum atomic E-state index is -0.449. The zero-order valence-electron chi connectivity index (χ0n) is 25.1. The van der Waals surface area contributed by atoms with Gasteiger partial charge in [-0.25, -0.2) is 4.39 Å². The average molecular weight is 681 g/mol. The van der Waals surface area contributed by atoms with E-state index >= 15 is 0 Å². The molecule has 0 atom stereocenters. The minimum absolute atomic E-state index is 0.132. The van der Waals surface area contributed by atoms with E-state index in [0.717, 1.165) is 17.3 Å². The van der Waals surface area contributed by atoms with E-state index in [-0.39, 0.29) is 19.1 Å². The normalized spacial score (nSPS) is 14.6. The molecule has 12 heteroatoms. The van der Waals surface area contributed by atoms with Crippen LogP contribution in [-0.2, 0) is 16.1 Å². The van der Waals surface area contributed by atoms with Gasteiger partial charge in [0.15, 0.2) is 11.8 Å². The Morgan fingerprint density at radius 1 is 0.958 bits per heavy atom. The number of furan rings is 1. The maximum atomic E-state index is 13.7. The number of benzene rings is 4. The molecule has 1 fully saturated rings. The summed E-state index contributed by atoms with van der Waals surface area (Å²) in [5.41, 5.74) is 1.65. The van der Waals surface area contributed by atoms with E-state index in [0.29, 0.717) is 49.4 Å². The second-order valence-corrected chi connectivity index (χ2v) is 11.7. The van der Waals surface area contributed by atoms with Crippen LogP contribution in [0.2, 0.25) is 5.02 Å². The van der Waals surface area contributed by atoms with Gasteiger partial charge in [0.2, 0.25) is 0 Å². The van der Waals surface area contributed by atoms with Crippen molar-refractivity contribution in [1.29, 1.82) is 0 Å². The van der Waals surface area contributed by atoms with Crippen LogP contribution in [0.5, 0.6) is 17.2 Å². The summed E-state index contributed by atoms with van der Waals surface area (Å²) >= 11 is 7.42. The van der Waals surface area contributed by atoms with Gasteiger partial charge in [-0.3, -0.25) is 14.5 Å². The van der Waals surface area contributed by atoms with Gasteiger partial charge in [0.25, 0.3) is 11.8 Å². The fourth-order valence-electron chi connectivity index (χ4n) is 4.49. The van der Waals surface area contributed by atoms with Gasteiger partial charge >= 0.3 is 0 Å². The quantitative estimate of drug-likeness (QED) is 0.0854. The molecule has 1 aliphatic rings. The van der Waals surface area contributed by atoms with E-state index in [1.54, 1.807) is 42.6 Å². The number of halogens is 2. The SMILES string of the molecule is O=C(COc1ccc(Cl)cc1/C=C1\S/C(=N/N=C\c2cccc(Oc3ccccc3)c2)N(Cc2ccco2)C1=O)Nc1ccc(F)cc1. The number of ether oxygens (including phenoxy) is 2. The Kier molecular flexibility index (Phi) is 10.3. The summed E-state index contributed by atoms with van der Waals surface area (Å²) < 4.78 is 30.4. The van der Waals surface area contributed by atoms with Crippen molar-refractivity contribution in [2.24, 2.45) is 10.2 Å². The summed E-state index contributed by atoms with van der Waals surface area (Å²) in [7, 11) is 0. The Bertz CT molecular complexity index is 2000. The van der Waals surface area contributed by atoms with Crippen molar-refractivity contribution >= 4 is 58.3 Å². The van der Waals surface area contributed by atoms with Crippen molar-refractivity contribution < 1.29 is 27.9 Å². The van der Waals surface area contributed by atoms with E-state index in [4.69, 9.17) is 25.5 Å². The van der Waals surface area contributed by atoms with Crippen molar-refractivity contribution in [3.63, 3.8) is 0 Å².